The van der Waals surface area contributed by atoms with E-state index in [1.54, 1.807) is 0 Å². The topological polar surface area (TPSA) is 0 Å². The zero-order valence-corrected chi connectivity index (χ0v) is 9.56. The Balaban J connectivity index is 2.83. The molecule has 0 aliphatic rings. The summed E-state index contributed by atoms with van der Waals surface area (Å²) in [6.45, 7) is 10.4. The van der Waals surface area contributed by atoms with E-state index in [0.29, 0.717) is 0 Å². The minimum absolute atomic E-state index is 1.12. The van der Waals surface area contributed by atoms with Crippen molar-refractivity contribution in [3.63, 3.8) is 0 Å². The van der Waals surface area contributed by atoms with Crippen LogP contribution in [-0.2, 0) is 6.42 Å². The largest absolute Gasteiger partial charge is 0.103 e. The van der Waals surface area contributed by atoms with Gasteiger partial charge in [-0.25, -0.2) is 0 Å². The van der Waals surface area contributed by atoms with Crippen LogP contribution < -0.4 is 0 Å². The van der Waals surface area contributed by atoms with Crippen molar-refractivity contribution in [1.82, 2.24) is 0 Å². The molecule has 0 aromatic heterocycles. The Hall–Kier alpha value is -1.04. The first-order chi connectivity index (χ1) is 6.66. The van der Waals surface area contributed by atoms with E-state index in [-0.39, 0.29) is 0 Å². The van der Waals surface area contributed by atoms with Gasteiger partial charge in [-0.1, -0.05) is 18.2 Å². The molecule has 1 aromatic carbocycles. The van der Waals surface area contributed by atoms with Crippen LogP contribution in [0.4, 0.5) is 0 Å². The van der Waals surface area contributed by atoms with Crippen LogP contribution in [0, 0.1) is 20.8 Å². The molecule has 0 nitrogen and oxygen atoms in total. The van der Waals surface area contributed by atoms with E-state index in [2.05, 4.69) is 39.5 Å². The van der Waals surface area contributed by atoms with Gasteiger partial charge in [0.25, 0.3) is 0 Å². The van der Waals surface area contributed by atoms with E-state index in [1.165, 1.54) is 35.1 Å². The first-order valence-corrected chi connectivity index (χ1v) is 5.33. The Morgan fingerprint density at radius 1 is 1.14 bits per heavy atom. The lowest BCUT2D eigenvalue weighted by atomic mass is 9.94. The van der Waals surface area contributed by atoms with E-state index in [0.717, 1.165) is 6.42 Å². The molecule has 0 radical (unpaired) electrons. The monoisotopic (exact) mass is 188 g/mol. The van der Waals surface area contributed by atoms with Gasteiger partial charge in [0.2, 0.25) is 0 Å². The van der Waals surface area contributed by atoms with Gasteiger partial charge in [0, 0.05) is 0 Å². The first-order valence-electron chi connectivity index (χ1n) is 5.33. The summed E-state index contributed by atoms with van der Waals surface area (Å²) in [5.74, 6) is 0. The van der Waals surface area contributed by atoms with Gasteiger partial charge < -0.3 is 0 Å². The highest BCUT2D eigenvalue weighted by Crippen LogP contribution is 2.19. The van der Waals surface area contributed by atoms with E-state index < -0.39 is 0 Å². The van der Waals surface area contributed by atoms with E-state index in [1.807, 2.05) is 6.08 Å². The Bertz CT molecular complexity index is 321. The molecule has 0 unspecified atom stereocenters. The molecular formula is C14H20. The second-order valence-corrected chi connectivity index (χ2v) is 3.98. The number of allylic oxidation sites excluding steroid dienone is 1. The molecule has 0 bridgehead atoms. The standard InChI is InChI=1S/C14H20/c1-5-6-7-8-14-12(3)10-9-11(2)13(14)4/h5,9-10H,1,6-8H2,2-4H3. The van der Waals surface area contributed by atoms with Gasteiger partial charge >= 0.3 is 0 Å². The van der Waals surface area contributed by atoms with Crippen LogP contribution in [0.3, 0.4) is 0 Å². The van der Waals surface area contributed by atoms with Crippen molar-refractivity contribution in [3.05, 3.63) is 47.0 Å². The summed E-state index contributed by atoms with van der Waals surface area (Å²) in [6, 6.07) is 4.44. The fourth-order valence-electron chi connectivity index (χ4n) is 1.82. The Labute approximate surface area is 87.7 Å². The number of hydrogen-bond acceptors (Lipinski definition) is 0. The molecule has 1 rings (SSSR count). The van der Waals surface area contributed by atoms with Crippen molar-refractivity contribution in [3.8, 4) is 0 Å². The third kappa shape index (κ3) is 2.47. The molecule has 0 heterocycles. The molecule has 0 N–H and O–H groups in total. The summed E-state index contributed by atoms with van der Waals surface area (Å²) in [7, 11) is 0. The number of unbranched alkanes of at least 4 members (excludes halogenated alkanes) is 1. The Kier molecular flexibility index (Phi) is 3.94. The molecular weight excluding hydrogens is 168 g/mol. The molecule has 0 heteroatoms. The second-order valence-electron chi connectivity index (χ2n) is 3.98. The van der Waals surface area contributed by atoms with Crippen molar-refractivity contribution in [1.29, 1.82) is 0 Å². The van der Waals surface area contributed by atoms with Crippen molar-refractivity contribution >= 4 is 0 Å². The molecule has 1 aromatic rings. The molecule has 0 saturated heterocycles. The number of rotatable bonds is 4. The maximum atomic E-state index is 3.75. The molecule has 0 fully saturated rings. The summed E-state index contributed by atoms with van der Waals surface area (Å²) < 4.78 is 0. The lowest BCUT2D eigenvalue weighted by Gasteiger charge is -2.11. The molecule has 0 aliphatic heterocycles. The van der Waals surface area contributed by atoms with Gasteiger partial charge in [-0.05, 0) is 62.3 Å². The molecule has 14 heavy (non-hydrogen) atoms. The number of aryl methyl sites for hydroxylation is 2. The van der Waals surface area contributed by atoms with Crippen LogP contribution in [0.25, 0.3) is 0 Å². The average molecular weight is 188 g/mol. The normalized spacial score (nSPS) is 10.2. The summed E-state index contributed by atoms with van der Waals surface area (Å²) in [5, 5.41) is 0. The van der Waals surface area contributed by atoms with Crippen molar-refractivity contribution < 1.29 is 0 Å². The minimum Gasteiger partial charge on any atom is -0.103 e. The smallest absolute Gasteiger partial charge is 0.0271 e. The van der Waals surface area contributed by atoms with Crippen molar-refractivity contribution in [2.45, 2.75) is 40.0 Å². The SMILES string of the molecule is C=CCCCc1c(C)ccc(C)c1C. The summed E-state index contributed by atoms with van der Waals surface area (Å²) in [5.41, 5.74) is 5.84. The Morgan fingerprint density at radius 3 is 2.43 bits per heavy atom. The first kappa shape index (κ1) is 11.0. The lowest BCUT2D eigenvalue weighted by Crippen LogP contribution is -1.96. The predicted molar refractivity (Wildman–Crippen MR) is 63.8 cm³/mol. The van der Waals surface area contributed by atoms with Crippen molar-refractivity contribution in [2.75, 3.05) is 0 Å². The highest BCUT2D eigenvalue weighted by Gasteiger charge is 2.03. The zero-order chi connectivity index (χ0) is 10.6. The van der Waals surface area contributed by atoms with Crippen LogP contribution in [-0.4, -0.2) is 0 Å². The van der Waals surface area contributed by atoms with Crippen LogP contribution in [0.5, 0.6) is 0 Å². The minimum atomic E-state index is 1.12. The Morgan fingerprint density at radius 2 is 1.79 bits per heavy atom. The molecule has 0 spiro atoms. The van der Waals surface area contributed by atoms with Gasteiger partial charge in [-0.15, -0.1) is 6.58 Å². The summed E-state index contributed by atoms with van der Waals surface area (Å²) >= 11 is 0. The van der Waals surface area contributed by atoms with Gasteiger partial charge in [0.05, 0.1) is 0 Å². The molecule has 0 saturated carbocycles. The lowest BCUT2D eigenvalue weighted by molar-refractivity contribution is 0.831. The van der Waals surface area contributed by atoms with Crippen molar-refractivity contribution in [2.24, 2.45) is 0 Å². The van der Waals surface area contributed by atoms with Crippen LogP contribution in [0.2, 0.25) is 0 Å². The van der Waals surface area contributed by atoms with Crippen LogP contribution >= 0.6 is 0 Å². The van der Waals surface area contributed by atoms with Crippen LogP contribution in [0.1, 0.15) is 35.1 Å². The van der Waals surface area contributed by atoms with E-state index >= 15 is 0 Å². The zero-order valence-electron chi connectivity index (χ0n) is 9.56. The highest BCUT2D eigenvalue weighted by atomic mass is 14.1. The van der Waals surface area contributed by atoms with E-state index in [9.17, 15) is 0 Å². The maximum Gasteiger partial charge on any atom is -0.0271 e. The summed E-state index contributed by atoms with van der Waals surface area (Å²) in [4.78, 5) is 0. The van der Waals surface area contributed by atoms with Gasteiger partial charge in [0.1, 0.15) is 0 Å². The number of hydrogen-bond donors (Lipinski definition) is 0. The summed E-state index contributed by atoms with van der Waals surface area (Å²) in [6.07, 6.45) is 5.52. The third-order valence-corrected chi connectivity index (χ3v) is 2.94. The molecule has 76 valence electrons. The molecule has 0 atom stereocenters. The third-order valence-electron chi connectivity index (χ3n) is 2.94. The van der Waals surface area contributed by atoms with E-state index in [4.69, 9.17) is 0 Å². The fourth-order valence-corrected chi connectivity index (χ4v) is 1.82. The quantitative estimate of drug-likeness (QED) is 0.492. The maximum absolute atomic E-state index is 3.75. The van der Waals surface area contributed by atoms with Gasteiger partial charge in [0.15, 0.2) is 0 Å². The fraction of sp³-hybridized carbons (Fsp3) is 0.429. The van der Waals surface area contributed by atoms with Gasteiger partial charge in [-0.3, -0.25) is 0 Å². The molecule has 0 amide bonds. The highest BCUT2D eigenvalue weighted by molar-refractivity contribution is 5.39. The predicted octanol–water partition coefficient (Wildman–Crippen LogP) is 4.12. The second kappa shape index (κ2) is 4.99. The van der Waals surface area contributed by atoms with Crippen LogP contribution in [0.15, 0.2) is 24.8 Å². The average Bonchev–Trinajstić information content (AvgIpc) is 2.18. The van der Waals surface area contributed by atoms with Gasteiger partial charge in [-0.2, -0.15) is 0 Å². The number of benzene rings is 1. The molecule has 0 aliphatic carbocycles.